The molecule has 0 aromatic carbocycles. The first-order valence-corrected chi connectivity index (χ1v) is 9.50. The highest BCUT2D eigenvalue weighted by atomic mass is 15.3. The molecule has 2 saturated carbocycles. The zero-order valence-electron chi connectivity index (χ0n) is 14.4. The second-order valence-electron chi connectivity index (χ2n) is 7.67. The maximum Gasteiger partial charge on any atom is 0.151 e. The minimum absolute atomic E-state index is 0.582. The molecule has 0 spiro atoms. The summed E-state index contributed by atoms with van der Waals surface area (Å²) >= 11 is 0. The van der Waals surface area contributed by atoms with Crippen LogP contribution in [0.5, 0.6) is 0 Å². The van der Waals surface area contributed by atoms with Crippen molar-refractivity contribution >= 4 is 11.6 Å². The van der Waals surface area contributed by atoms with Gasteiger partial charge in [-0.1, -0.05) is 6.42 Å². The van der Waals surface area contributed by atoms with E-state index in [2.05, 4.69) is 42.5 Å². The molecule has 3 aliphatic rings. The lowest BCUT2D eigenvalue weighted by atomic mass is 9.85. The molecular weight excluding hydrogens is 312 g/mol. The molecular formula is C19H24N6. The highest BCUT2D eigenvalue weighted by Crippen LogP contribution is 2.39. The van der Waals surface area contributed by atoms with Crippen molar-refractivity contribution in [3.05, 3.63) is 35.9 Å². The number of aromatic nitrogens is 4. The van der Waals surface area contributed by atoms with Gasteiger partial charge in [-0.25, -0.2) is 9.97 Å². The summed E-state index contributed by atoms with van der Waals surface area (Å²) in [5.74, 6) is 4.87. The van der Waals surface area contributed by atoms with E-state index in [1.807, 2.05) is 12.3 Å². The summed E-state index contributed by atoms with van der Waals surface area (Å²) in [6.45, 7) is 3.02. The fourth-order valence-corrected chi connectivity index (χ4v) is 3.57. The van der Waals surface area contributed by atoms with Crippen LogP contribution in [0.2, 0.25) is 0 Å². The summed E-state index contributed by atoms with van der Waals surface area (Å²) in [4.78, 5) is 11.4. The molecule has 1 N–H and O–H groups in total. The quantitative estimate of drug-likeness (QED) is 0.875. The largest absolute Gasteiger partial charge is 0.370 e. The second kappa shape index (κ2) is 6.24. The minimum Gasteiger partial charge on any atom is -0.370 e. The van der Waals surface area contributed by atoms with Gasteiger partial charge in [0.15, 0.2) is 5.82 Å². The Morgan fingerprint density at radius 3 is 2.56 bits per heavy atom. The molecule has 5 rings (SSSR count). The van der Waals surface area contributed by atoms with Gasteiger partial charge >= 0.3 is 0 Å². The molecule has 2 aromatic rings. The third kappa shape index (κ3) is 3.17. The summed E-state index contributed by atoms with van der Waals surface area (Å²) in [7, 11) is 0. The van der Waals surface area contributed by atoms with Gasteiger partial charge in [0.2, 0.25) is 0 Å². The third-order valence-electron chi connectivity index (χ3n) is 5.66. The third-order valence-corrected chi connectivity index (χ3v) is 5.66. The van der Waals surface area contributed by atoms with Gasteiger partial charge in [-0.3, -0.25) is 0 Å². The zero-order valence-corrected chi connectivity index (χ0v) is 14.4. The summed E-state index contributed by atoms with van der Waals surface area (Å²) in [6.07, 6.45) is 8.22. The number of hydrogen-bond acceptors (Lipinski definition) is 6. The molecule has 6 heteroatoms. The molecule has 3 heterocycles. The number of hydrogen-bond donors (Lipinski definition) is 1. The molecule has 0 radical (unpaired) electrons. The van der Waals surface area contributed by atoms with Crippen LogP contribution < -0.4 is 10.2 Å². The van der Waals surface area contributed by atoms with Crippen molar-refractivity contribution in [3.8, 4) is 0 Å². The van der Waals surface area contributed by atoms with E-state index in [1.54, 1.807) is 0 Å². The predicted molar refractivity (Wildman–Crippen MR) is 96.8 cm³/mol. The van der Waals surface area contributed by atoms with Crippen LogP contribution in [0.4, 0.5) is 11.6 Å². The van der Waals surface area contributed by atoms with Crippen molar-refractivity contribution < 1.29 is 0 Å². The van der Waals surface area contributed by atoms with Crippen molar-refractivity contribution in [2.75, 3.05) is 29.9 Å². The van der Waals surface area contributed by atoms with Crippen LogP contribution in [-0.4, -0.2) is 39.8 Å². The molecule has 25 heavy (non-hydrogen) atoms. The summed E-state index contributed by atoms with van der Waals surface area (Å²) < 4.78 is 0. The molecule has 0 atom stereocenters. The number of rotatable bonds is 6. The van der Waals surface area contributed by atoms with Crippen LogP contribution in [-0.2, 0) is 0 Å². The Balaban J connectivity index is 1.11. The van der Waals surface area contributed by atoms with E-state index in [0.29, 0.717) is 17.8 Å². The maximum absolute atomic E-state index is 4.68. The van der Waals surface area contributed by atoms with Crippen LogP contribution in [0.25, 0.3) is 0 Å². The van der Waals surface area contributed by atoms with E-state index >= 15 is 0 Å². The molecule has 3 fully saturated rings. The van der Waals surface area contributed by atoms with Crippen LogP contribution in [0, 0.1) is 5.92 Å². The van der Waals surface area contributed by atoms with Gasteiger partial charge in [0.05, 0.1) is 5.69 Å². The molecule has 0 bridgehead atoms. The van der Waals surface area contributed by atoms with Crippen LogP contribution in [0.3, 0.4) is 0 Å². The summed E-state index contributed by atoms with van der Waals surface area (Å²) in [6, 6.07) is 6.24. The van der Waals surface area contributed by atoms with Crippen LogP contribution >= 0.6 is 0 Å². The average molecular weight is 336 g/mol. The number of nitrogens with one attached hydrogen (secondary N) is 1. The van der Waals surface area contributed by atoms with Crippen molar-refractivity contribution in [1.82, 2.24) is 20.2 Å². The van der Waals surface area contributed by atoms with Crippen molar-refractivity contribution in [1.29, 1.82) is 0 Å². The molecule has 0 amide bonds. The van der Waals surface area contributed by atoms with Crippen LogP contribution in [0.1, 0.15) is 55.5 Å². The Kier molecular flexibility index (Phi) is 3.76. The van der Waals surface area contributed by atoms with Crippen molar-refractivity contribution in [3.63, 3.8) is 0 Å². The lowest BCUT2D eigenvalue weighted by Crippen LogP contribution is -2.50. The normalized spacial score (nSPS) is 20.9. The van der Waals surface area contributed by atoms with Crippen LogP contribution in [0.15, 0.2) is 24.4 Å². The molecule has 2 aromatic heterocycles. The Hall–Kier alpha value is -2.24. The number of nitrogens with zero attached hydrogens (tertiary/aromatic N) is 5. The van der Waals surface area contributed by atoms with Gasteiger partial charge in [-0.05, 0) is 43.9 Å². The topological polar surface area (TPSA) is 66.8 Å². The van der Waals surface area contributed by atoms with Gasteiger partial charge in [0, 0.05) is 43.6 Å². The molecule has 1 saturated heterocycles. The SMILES string of the molecule is c1cc(NCC2CN(c3ccc(C4CC4)nn3)C2)nc(C2CCC2)n1. The molecule has 2 aliphatic carbocycles. The average Bonchev–Trinajstić information content (AvgIpc) is 3.38. The van der Waals surface area contributed by atoms with E-state index in [4.69, 9.17) is 0 Å². The van der Waals surface area contributed by atoms with E-state index in [1.165, 1.54) is 32.1 Å². The van der Waals surface area contributed by atoms with Crippen molar-refractivity contribution in [2.45, 2.75) is 43.9 Å². The Bertz CT molecular complexity index is 732. The lowest BCUT2D eigenvalue weighted by molar-refractivity contribution is 0.401. The van der Waals surface area contributed by atoms with Crippen molar-refractivity contribution in [2.24, 2.45) is 5.92 Å². The molecule has 130 valence electrons. The molecule has 1 aliphatic heterocycles. The Morgan fingerprint density at radius 2 is 1.88 bits per heavy atom. The first kappa shape index (κ1) is 15.0. The Labute approximate surface area is 148 Å². The lowest BCUT2D eigenvalue weighted by Gasteiger charge is -2.40. The molecule has 6 nitrogen and oxygen atoms in total. The fourth-order valence-electron chi connectivity index (χ4n) is 3.57. The first-order valence-electron chi connectivity index (χ1n) is 9.50. The Morgan fingerprint density at radius 1 is 1.00 bits per heavy atom. The van der Waals surface area contributed by atoms with E-state index in [9.17, 15) is 0 Å². The zero-order chi connectivity index (χ0) is 16.6. The van der Waals surface area contributed by atoms with Gasteiger partial charge in [0.1, 0.15) is 11.6 Å². The van der Waals surface area contributed by atoms with E-state index < -0.39 is 0 Å². The first-order chi connectivity index (χ1) is 12.3. The highest BCUT2D eigenvalue weighted by Gasteiger charge is 2.29. The van der Waals surface area contributed by atoms with E-state index in [0.717, 1.165) is 42.8 Å². The smallest absolute Gasteiger partial charge is 0.151 e. The predicted octanol–water partition coefficient (Wildman–Crippen LogP) is 2.96. The summed E-state index contributed by atoms with van der Waals surface area (Å²) in [5.41, 5.74) is 1.16. The summed E-state index contributed by atoms with van der Waals surface area (Å²) in [5, 5.41) is 12.3. The van der Waals surface area contributed by atoms with Gasteiger partial charge < -0.3 is 10.2 Å². The number of anilines is 2. The van der Waals surface area contributed by atoms with Gasteiger partial charge in [-0.2, -0.15) is 5.10 Å². The maximum atomic E-state index is 4.68. The molecule has 0 unspecified atom stereocenters. The fraction of sp³-hybridized carbons (Fsp3) is 0.579. The van der Waals surface area contributed by atoms with E-state index in [-0.39, 0.29) is 0 Å². The monoisotopic (exact) mass is 336 g/mol. The van der Waals surface area contributed by atoms with Gasteiger partial charge in [-0.15, -0.1) is 5.10 Å². The standard InChI is InChI=1S/C19H24N6/c1-2-15(3-1)19-20-9-8-17(22-19)21-10-13-11-25(12-13)18-7-6-16(23-24-18)14-4-5-14/h6-9,13-15H,1-5,10-12H2,(H,20,21,22). The highest BCUT2D eigenvalue weighted by molar-refractivity contribution is 5.42. The van der Waals surface area contributed by atoms with Gasteiger partial charge in [0.25, 0.3) is 0 Å². The second-order valence-corrected chi connectivity index (χ2v) is 7.67. The minimum atomic E-state index is 0.582.